The first kappa shape index (κ1) is 22.7. The molecule has 3 aliphatic rings. The van der Waals surface area contributed by atoms with E-state index in [1.54, 1.807) is 14.0 Å². The number of hydrogen-bond donors (Lipinski definition) is 0. The van der Waals surface area contributed by atoms with Gasteiger partial charge in [0.1, 0.15) is 5.82 Å². The topological polar surface area (TPSA) is 74.8 Å². The fourth-order valence-electron chi connectivity index (χ4n) is 5.44. The van der Waals surface area contributed by atoms with Crippen LogP contribution in [0, 0.1) is 12.8 Å². The molecular weight excluding hydrogens is 459 g/mol. The molecule has 1 aliphatic heterocycles. The molecule has 3 fully saturated rings. The van der Waals surface area contributed by atoms with Crippen LogP contribution in [0.1, 0.15) is 85.2 Å². The summed E-state index contributed by atoms with van der Waals surface area (Å²) >= 11 is 0. The Morgan fingerprint density at radius 1 is 1.09 bits per heavy atom. The quantitative estimate of drug-likeness (QED) is 0.526. The average molecular weight is 488 g/mol. The number of nitrogens with zero attached hydrogens (tertiary/aromatic N) is 5. The van der Waals surface area contributed by atoms with Gasteiger partial charge in [0.15, 0.2) is 5.65 Å². The Morgan fingerprint density at radius 3 is 2.57 bits per heavy atom. The van der Waals surface area contributed by atoms with Crippen LogP contribution in [0.15, 0.2) is 23.3 Å². The van der Waals surface area contributed by atoms with Crippen LogP contribution in [-0.2, 0) is 11.8 Å². The molecule has 0 unspecified atom stereocenters. The third kappa shape index (κ3) is 4.05. The van der Waals surface area contributed by atoms with Crippen molar-refractivity contribution in [3.05, 3.63) is 51.5 Å². The highest BCUT2D eigenvalue weighted by Gasteiger charge is 2.48. The molecule has 7 nitrogen and oxygen atoms in total. The van der Waals surface area contributed by atoms with E-state index in [4.69, 9.17) is 9.72 Å². The predicted octanol–water partition coefficient (Wildman–Crippen LogP) is 4.86. The first-order valence-corrected chi connectivity index (χ1v) is 12.3. The van der Waals surface area contributed by atoms with Gasteiger partial charge in [0.05, 0.1) is 29.6 Å². The lowest BCUT2D eigenvalue weighted by Crippen LogP contribution is -2.35. The highest BCUT2D eigenvalue weighted by Crippen LogP contribution is 2.51. The minimum atomic E-state index is -4.21. The van der Waals surface area contributed by atoms with Crippen LogP contribution in [0.2, 0.25) is 0 Å². The maximum absolute atomic E-state index is 13.2. The normalized spacial score (nSPS) is 27.2. The number of hydrogen-bond acceptors (Lipinski definition) is 5. The van der Waals surface area contributed by atoms with E-state index >= 15 is 0 Å². The Kier molecular flexibility index (Phi) is 5.28. The third-order valence-corrected chi connectivity index (χ3v) is 7.98. The molecule has 35 heavy (non-hydrogen) atoms. The molecule has 0 aromatic carbocycles. The Bertz CT molecular complexity index is 1340. The van der Waals surface area contributed by atoms with Gasteiger partial charge in [-0.05, 0) is 63.0 Å². The summed E-state index contributed by atoms with van der Waals surface area (Å²) in [6.45, 7) is 2.29. The van der Waals surface area contributed by atoms with Crippen molar-refractivity contribution in [3.8, 4) is 0 Å². The zero-order valence-corrected chi connectivity index (χ0v) is 19.8. The first-order valence-electron chi connectivity index (χ1n) is 12.3. The van der Waals surface area contributed by atoms with Crippen LogP contribution in [0.4, 0.5) is 13.2 Å². The fraction of sp³-hybridized carbons (Fsp3) is 0.600. The van der Waals surface area contributed by atoms with Gasteiger partial charge in [0.2, 0.25) is 0 Å². The molecule has 4 heterocycles. The van der Waals surface area contributed by atoms with Gasteiger partial charge in [-0.2, -0.15) is 18.3 Å². The number of aryl methyl sites for hydroxylation is 1. The lowest BCUT2D eigenvalue weighted by molar-refractivity contribution is -0.197. The molecule has 0 spiro atoms. The van der Waals surface area contributed by atoms with Gasteiger partial charge >= 0.3 is 6.18 Å². The van der Waals surface area contributed by atoms with E-state index in [0.29, 0.717) is 41.5 Å². The Labute approximate surface area is 200 Å². The fourth-order valence-corrected chi connectivity index (χ4v) is 5.44. The lowest BCUT2D eigenvalue weighted by Gasteiger charge is -2.37. The van der Waals surface area contributed by atoms with Crippen LogP contribution >= 0.6 is 0 Å². The number of halogens is 3. The summed E-state index contributed by atoms with van der Waals surface area (Å²) in [5.41, 5.74) is 2.55. The minimum Gasteiger partial charge on any atom is -0.373 e. The largest absolute Gasteiger partial charge is 0.391 e. The molecule has 186 valence electrons. The SMILES string of the molecule is Cc1nc2nc([C@@H]3CCO[C@@H](c4cnn(C5CC5)c4)C3)cc(C3CC(C(F)(F)F)C3)c2c(=O)n1C. The predicted molar refractivity (Wildman–Crippen MR) is 122 cm³/mol. The summed E-state index contributed by atoms with van der Waals surface area (Å²) in [4.78, 5) is 22.4. The molecule has 0 bridgehead atoms. The van der Waals surface area contributed by atoms with E-state index in [-0.39, 0.29) is 36.3 Å². The summed E-state index contributed by atoms with van der Waals surface area (Å²) in [5, 5.41) is 4.83. The second-order valence-electron chi connectivity index (χ2n) is 10.3. The Balaban J connectivity index is 1.35. The number of ether oxygens (including phenoxy) is 1. The van der Waals surface area contributed by atoms with E-state index in [0.717, 1.165) is 30.5 Å². The lowest BCUT2D eigenvalue weighted by atomic mass is 9.70. The first-order chi connectivity index (χ1) is 16.7. The number of alkyl halides is 3. The maximum Gasteiger partial charge on any atom is 0.391 e. The Morgan fingerprint density at radius 2 is 1.86 bits per heavy atom. The van der Waals surface area contributed by atoms with Crippen molar-refractivity contribution in [3.63, 3.8) is 0 Å². The second-order valence-corrected chi connectivity index (χ2v) is 10.3. The third-order valence-electron chi connectivity index (χ3n) is 7.98. The molecule has 2 atom stereocenters. The Hall–Kier alpha value is -2.75. The van der Waals surface area contributed by atoms with Gasteiger partial charge in [-0.1, -0.05) is 0 Å². The minimum absolute atomic E-state index is 0.00413. The highest BCUT2D eigenvalue weighted by atomic mass is 19.4. The van der Waals surface area contributed by atoms with E-state index in [1.165, 1.54) is 4.57 Å². The molecule has 10 heteroatoms. The van der Waals surface area contributed by atoms with E-state index in [2.05, 4.69) is 16.3 Å². The second kappa shape index (κ2) is 8.15. The number of aromatic nitrogens is 5. The van der Waals surface area contributed by atoms with Crippen LogP contribution in [0.25, 0.3) is 11.0 Å². The number of pyridine rings is 1. The summed E-state index contributed by atoms with van der Waals surface area (Å²) in [6.07, 6.45) is 3.36. The smallest absolute Gasteiger partial charge is 0.373 e. The van der Waals surface area contributed by atoms with Crippen LogP contribution in [0.3, 0.4) is 0 Å². The average Bonchev–Trinajstić information content (AvgIpc) is 3.51. The summed E-state index contributed by atoms with van der Waals surface area (Å²) in [6, 6.07) is 2.37. The molecule has 2 aliphatic carbocycles. The highest BCUT2D eigenvalue weighted by molar-refractivity contribution is 5.79. The summed E-state index contributed by atoms with van der Waals surface area (Å²) < 4.78 is 49.2. The zero-order chi connectivity index (χ0) is 24.5. The van der Waals surface area contributed by atoms with Gasteiger partial charge in [-0.3, -0.25) is 14.0 Å². The molecule has 3 aromatic rings. The van der Waals surface area contributed by atoms with Gasteiger partial charge in [-0.15, -0.1) is 0 Å². The molecule has 0 amide bonds. The molecule has 6 rings (SSSR count). The van der Waals surface area contributed by atoms with Crippen molar-refractivity contribution in [2.24, 2.45) is 13.0 Å². The van der Waals surface area contributed by atoms with Crippen molar-refractivity contribution < 1.29 is 17.9 Å². The van der Waals surface area contributed by atoms with Crippen molar-refractivity contribution in [1.29, 1.82) is 0 Å². The summed E-state index contributed by atoms with van der Waals surface area (Å²) in [5.74, 6) is -1.06. The maximum atomic E-state index is 13.2. The van der Waals surface area contributed by atoms with Crippen molar-refractivity contribution in [1.82, 2.24) is 24.3 Å². The van der Waals surface area contributed by atoms with Crippen LogP contribution < -0.4 is 5.56 Å². The van der Waals surface area contributed by atoms with E-state index in [1.807, 2.05) is 16.9 Å². The van der Waals surface area contributed by atoms with Crippen molar-refractivity contribution in [2.45, 2.75) is 75.6 Å². The molecule has 2 saturated carbocycles. The van der Waals surface area contributed by atoms with Crippen molar-refractivity contribution >= 4 is 11.0 Å². The van der Waals surface area contributed by atoms with Gasteiger partial charge in [-0.25, -0.2) is 9.97 Å². The van der Waals surface area contributed by atoms with Crippen LogP contribution in [-0.4, -0.2) is 37.1 Å². The number of fused-ring (bicyclic) bond motifs is 1. The number of rotatable bonds is 4. The van der Waals surface area contributed by atoms with E-state index < -0.39 is 12.1 Å². The molecule has 0 radical (unpaired) electrons. The van der Waals surface area contributed by atoms with E-state index in [9.17, 15) is 18.0 Å². The van der Waals surface area contributed by atoms with Gasteiger partial charge in [0, 0.05) is 37.0 Å². The molecule has 3 aromatic heterocycles. The summed E-state index contributed by atoms with van der Waals surface area (Å²) in [7, 11) is 1.63. The monoisotopic (exact) mass is 487 g/mol. The van der Waals surface area contributed by atoms with Gasteiger partial charge < -0.3 is 4.74 Å². The molecular formula is C25H28F3N5O2. The molecule has 0 N–H and O–H groups in total. The van der Waals surface area contributed by atoms with Crippen molar-refractivity contribution in [2.75, 3.05) is 6.61 Å². The molecule has 1 saturated heterocycles. The van der Waals surface area contributed by atoms with Crippen LogP contribution in [0.5, 0.6) is 0 Å². The standard InChI is InChI=1S/C25H28F3N5O2/c1-13-30-23-22(24(34)32(13)2)19(15-7-17(8-15)25(26,27)28)10-20(31-23)14-5-6-35-21(9-14)16-11-29-33(12-16)18-3-4-18/h10-12,14-15,17-18,21H,3-9H2,1-2H3/t14-,15?,17?,21-/m1/s1. The zero-order valence-electron chi connectivity index (χ0n) is 19.8. The van der Waals surface area contributed by atoms with Gasteiger partial charge in [0.25, 0.3) is 5.56 Å².